The van der Waals surface area contributed by atoms with Crippen molar-refractivity contribution in [3.05, 3.63) is 11.8 Å². The van der Waals surface area contributed by atoms with Crippen molar-refractivity contribution in [3.63, 3.8) is 0 Å². The molecule has 1 aliphatic heterocycles. The Balaban J connectivity index is 2.87. The van der Waals surface area contributed by atoms with Gasteiger partial charge in [0, 0.05) is 6.04 Å². The average Bonchev–Trinajstić information content (AvgIpc) is 2.46. The number of carbonyl (C=O) groups is 1. The lowest BCUT2D eigenvalue weighted by atomic mass is 9.94. The zero-order valence-electron chi connectivity index (χ0n) is 9.57. The van der Waals surface area contributed by atoms with Gasteiger partial charge >= 0.3 is 0 Å². The molecule has 0 radical (unpaired) electrons. The van der Waals surface area contributed by atoms with Crippen LogP contribution in [0.4, 0.5) is 0 Å². The summed E-state index contributed by atoms with van der Waals surface area (Å²) in [6.07, 6.45) is 1.59. The molecule has 80 valence electrons. The highest BCUT2D eigenvalue weighted by Gasteiger charge is 2.35. The Bertz CT molecular complexity index is 256. The second-order valence-electron chi connectivity index (χ2n) is 4.38. The molecule has 0 aromatic heterocycles. The summed E-state index contributed by atoms with van der Waals surface area (Å²) in [5, 5.41) is 1.89. The number of hydrogen-bond donors (Lipinski definition) is 0. The number of hydrogen-bond acceptors (Lipinski definition) is 3. The predicted octanol–water partition coefficient (Wildman–Crippen LogP) is 2.14. The van der Waals surface area contributed by atoms with Crippen LogP contribution in [0.1, 0.15) is 34.6 Å². The Morgan fingerprint density at radius 2 is 2.00 bits per heavy atom. The summed E-state index contributed by atoms with van der Waals surface area (Å²) in [6, 6.07) is 0.392. The van der Waals surface area contributed by atoms with Crippen molar-refractivity contribution in [1.29, 1.82) is 0 Å². The predicted molar refractivity (Wildman–Crippen MR) is 55.5 cm³/mol. The Hall–Kier alpha value is -0.830. The average molecular weight is 197 g/mol. The summed E-state index contributed by atoms with van der Waals surface area (Å²) in [5.74, 6) is 0.488. The first-order valence-corrected chi connectivity index (χ1v) is 5.11. The number of nitrogens with zero attached hydrogens (tertiary/aromatic N) is 1. The quantitative estimate of drug-likeness (QED) is 0.694. The second kappa shape index (κ2) is 4.13. The maximum atomic E-state index is 11.4. The van der Waals surface area contributed by atoms with E-state index in [2.05, 4.69) is 27.7 Å². The van der Waals surface area contributed by atoms with Crippen molar-refractivity contribution in [2.24, 2.45) is 5.92 Å². The third-order valence-electron chi connectivity index (χ3n) is 2.44. The lowest BCUT2D eigenvalue weighted by Crippen LogP contribution is -2.40. The summed E-state index contributed by atoms with van der Waals surface area (Å²) >= 11 is 0. The SMILES string of the molecule is CC(=O)C1=CON(C(C)C)C1C(C)C. The van der Waals surface area contributed by atoms with Gasteiger partial charge in [0.2, 0.25) is 0 Å². The van der Waals surface area contributed by atoms with Crippen LogP contribution in [0.15, 0.2) is 11.8 Å². The minimum absolute atomic E-state index is 0.104. The first-order chi connectivity index (χ1) is 6.45. The number of carbonyl (C=O) groups excluding carboxylic acids is 1. The highest BCUT2D eigenvalue weighted by Crippen LogP contribution is 2.28. The molecule has 1 rings (SSSR count). The summed E-state index contributed by atoms with van der Waals surface area (Å²) in [4.78, 5) is 16.8. The molecule has 0 saturated carbocycles. The van der Waals surface area contributed by atoms with Gasteiger partial charge in [0.1, 0.15) is 6.26 Å². The molecular weight excluding hydrogens is 178 g/mol. The molecule has 0 aromatic rings. The van der Waals surface area contributed by atoms with E-state index in [0.29, 0.717) is 5.92 Å². The monoisotopic (exact) mass is 197 g/mol. The molecule has 1 unspecified atom stereocenters. The summed E-state index contributed by atoms with van der Waals surface area (Å²) in [7, 11) is 0. The first-order valence-electron chi connectivity index (χ1n) is 5.11. The topological polar surface area (TPSA) is 29.5 Å². The van der Waals surface area contributed by atoms with Gasteiger partial charge in [0.05, 0.1) is 11.6 Å². The van der Waals surface area contributed by atoms with Crippen LogP contribution in [-0.2, 0) is 9.63 Å². The fraction of sp³-hybridized carbons (Fsp3) is 0.727. The Labute approximate surface area is 85.7 Å². The molecule has 3 heteroatoms. The van der Waals surface area contributed by atoms with E-state index < -0.39 is 0 Å². The molecule has 1 atom stereocenters. The lowest BCUT2D eigenvalue weighted by molar-refractivity contribution is -0.139. The zero-order chi connectivity index (χ0) is 10.9. The number of rotatable bonds is 3. The molecule has 0 bridgehead atoms. The van der Waals surface area contributed by atoms with Gasteiger partial charge in [-0.1, -0.05) is 13.8 Å². The molecule has 14 heavy (non-hydrogen) atoms. The molecule has 0 amide bonds. The van der Waals surface area contributed by atoms with Crippen LogP contribution in [0.25, 0.3) is 0 Å². The summed E-state index contributed by atoms with van der Waals surface area (Å²) in [5.41, 5.74) is 0.786. The fourth-order valence-electron chi connectivity index (χ4n) is 1.78. The largest absolute Gasteiger partial charge is 0.412 e. The van der Waals surface area contributed by atoms with Crippen molar-refractivity contribution in [1.82, 2.24) is 5.06 Å². The Morgan fingerprint density at radius 3 is 2.36 bits per heavy atom. The van der Waals surface area contributed by atoms with Crippen LogP contribution >= 0.6 is 0 Å². The van der Waals surface area contributed by atoms with Crippen molar-refractivity contribution in [2.75, 3.05) is 0 Å². The summed E-state index contributed by atoms with van der Waals surface area (Å²) in [6.45, 7) is 9.92. The van der Waals surface area contributed by atoms with E-state index in [-0.39, 0.29) is 17.9 Å². The van der Waals surface area contributed by atoms with Gasteiger partial charge in [-0.05, 0) is 26.7 Å². The van der Waals surface area contributed by atoms with Crippen LogP contribution in [0.5, 0.6) is 0 Å². The van der Waals surface area contributed by atoms with Gasteiger partial charge in [-0.2, -0.15) is 0 Å². The van der Waals surface area contributed by atoms with Crippen LogP contribution < -0.4 is 0 Å². The molecule has 0 aliphatic carbocycles. The number of ketones is 1. The minimum atomic E-state index is 0.104. The van der Waals surface area contributed by atoms with Crippen molar-refractivity contribution in [3.8, 4) is 0 Å². The van der Waals surface area contributed by atoms with Crippen molar-refractivity contribution < 1.29 is 9.63 Å². The normalized spacial score (nSPS) is 22.8. The van der Waals surface area contributed by atoms with Gasteiger partial charge in [-0.3, -0.25) is 4.79 Å². The standard InChI is InChI=1S/C11H19NO2/c1-7(2)11-10(9(5)13)6-14-12(11)8(3)4/h6-8,11H,1-5H3. The van der Waals surface area contributed by atoms with E-state index in [1.54, 1.807) is 13.2 Å². The van der Waals surface area contributed by atoms with Crippen LogP contribution in [-0.4, -0.2) is 22.9 Å². The molecule has 0 N–H and O–H groups in total. The van der Waals surface area contributed by atoms with Gasteiger partial charge in [-0.15, -0.1) is 5.06 Å². The smallest absolute Gasteiger partial charge is 0.160 e. The minimum Gasteiger partial charge on any atom is -0.412 e. The molecule has 0 spiro atoms. The molecule has 3 nitrogen and oxygen atoms in total. The van der Waals surface area contributed by atoms with Gasteiger partial charge < -0.3 is 4.84 Å². The fourth-order valence-corrected chi connectivity index (χ4v) is 1.78. The second-order valence-corrected chi connectivity index (χ2v) is 4.38. The van der Waals surface area contributed by atoms with E-state index in [4.69, 9.17) is 4.84 Å². The van der Waals surface area contributed by atoms with Gasteiger partial charge in [0.25, 0.3) is 0 Å². The van der Waals surface area contributed by atoms with Crippen LogP contribution in [0.3, 0.4) is 0 Å². The molecular formula is C11H19NO2. The summed E-state index contributed by atoms with van der Waals surface area (Å²) < 4.78 is 0. The van der Waals surface area contributed by atoms with Crippen LogP contribution in [0, 0.1) is 5.92 Å². The highest BCUT2D eigenvalue weighted by atomic mass is 16.7. The molecule has 0 aromatic carbocycles. The van der Waals surface area contributed by atoms with E-state index in [9.17, 15) is 4.79 Å². The molecule has 1 heterocycles. The van der Waals surface area contributed by atoms with E-state index >= 15 is 0 Å². The van der Waals surface area contributed by atoms with E-state index in [1.807, 2.05) is 5.06 Å². The molecule has 0 saturated heterocycles. The van der Waals surface area contributed by atoms with Gasteiger partial charge in [-0.25, -0.2) is 0 Å². The molecule has 1 aliphatic rings. The maximum absolute atomic E-state index is 11.4. The third-order valence-corrected chi connectivity index (χ3v) is 2.44. The first kappa shape index (κ1) is 11.2. The van der Waals surface area contributed by atoms with Crippen molar-refractivity contribution in [2.45, 2.75) is 46.7 Å². The number of hydroxylamine groups is 2. The van der Waals surface area contributed by atoms with Crippen LogP contribution in [0.2, 0.25) is 0 Å². The third kappa shape index (κ3) is 1.98. The van der Waals surface area contributed by atoms with Crippen molar-refractivity contribution >= 4 is 5.78 Å². The Kier molecular flexibility index (Phi) is 3.32. The Morgan fingerprint density at radius 1 is 1.43 bits per heavy atom. The van der Waals surface area contributed by atoms with E-state index in [1.165, 1.54) is 0 Å². The zero-order valence-corrected chi connectivity index (χ0v) is 9.57. The maximum Gasteiger partial charge on any atom is 0.160 e. The van der Waals surface area contributed by atoms with E-state index in [0.717, 1.165) is 5.57 Å². The molecule has 0 fully saturated rings. The highest BCUT2D eigenvalue weighted by molar-refractivity contribution is 5.94. The number of Topliss-reactive ketones (excluding diaryl/α,β-unsaturated/α-hetero) is 1. The lowest BCUT2D eigenvalue weighted by Gasteiger charge is -2.29. The van der Waals surface area contributed by atoms with Gasteiger partial charge in [0.15, 0.2) is 5.78 Å².